The van der Waals surface area contributed by atoms with Crippen LogP contribution in [0.5, 0.6) is 5.75 Å². The molecule has 0 fully saturated rings. The molecule has 7 heteroatoms. The van der Waals surface area contributed by atoms with Crippen molar-refractivity contribution in [1.82, 2.24) is 10.2 Å². The van der Waals surface area contributed by atoms with E-state index in [9.17, 15) is 4.79 Å². The molecule has 0 spiro atoms. The normalized spacial score (nSPS) is 10.3. The predicted molar refractivity (Wildman–Crippen MR) is 73.7 cm³/mol. The van der Waals surface area contributed by atoms with E-state index in [1.807, 2.05) is 6.92 Å². The second-order valence-corrected chi connectivity index (χ2v) is 4.36. The van der Waals surface area contributed by atoms with Crippen molar-refractivity contribution in [2.45, 2.75) is 6.92 Å². The van der Waals surface area contributed by atoms with Crippen molar-refractivity contribution in [1.29, 1.82) is 0 Å². The number of benzene rings is 1. The number of nitrogens with zero attached hydrogens (tertiary/aromatic N) is 1. The summed E-state index contributed by atoms with van der Waals surface area (Å²) in [6, 6.07) is 3.37. The molecule has 0 saturated heterocycles. The van der Waals surface area contributed by atoms with Crippen molar-refractivity contribution in [3.8, 4) is 5.75 Å². The van der Waals surface area contributed by atoms with Crippen LogP contribution in [-0.4, -0.2) is 23.2 Å². The highest BCUT2D eigenvalue weighted by Gasteiger charge is 2.15. The average Bonchev–Trinajstić information content (AvgIpc) is 2.79. The zero-order valence-electron chi connectivity index (χ0n) is 10.5. The van der Waals surface area contributed by atoms with Crippen LogP contribution in [0, 0.1) is 6.92 Å². The molecule has 0 bridgehead atoms. The van der Waals surface area contributed by atoms with E-state index in [1.54, 1.807) is 12.1 Å². The Hall–Kier alpha value is -2.21. The fourth-order valence-electron chi connectivity index (χ4n) is 1.59. The molecule has 0 aliphatic heterocycles. The number of halogens is 1. The van der Waals surface area contributed by atoms with Gasteiger partial charge in [0.15, 0.2) is 0 Å². The van der Waals surface area contributed by atoms with Gasteiger partial charge in [0.1, 0.15) is 11.4 Å². The summed E-state index contributed by atoms with van der Waals surface area (Å²) in [4.78, 5) is 12.0. The number of aromatic amines is 1. The van der Waals surface area contributed by atoms with Gasteiger partial charge in [0.05, 0.1) is 24.7 Å². The van der Waals surface area contributed by atoms with Crippen molar-refractivity contribution in [2.75, 3.05) is 18.2 Å². The summed E-state index contributed by atoms with van der Waals surface area (Å²) in [5, 5.41) is 9.50. The van der Waals surface area contributed by atoms with Crippen molar-refractivity contribution >= 4 is 28.9 Å². The van der Waals surface area contributed by atoms with Gasteiger partial charge in [-0.15, -0.1) is 0 Å². The molecular weight excluding hydrogens is 268 g/mol. The van der Waals surface area contributed by atoms with Crippen LogP contribution in [0.25, 0.3) is 0 Å². The summed E-state index contributed by atoms with van der Waals surface area (Å²) in [7, 11) is 1.50. The maximum Gasteiger partial charge on any atom is 0.275 e. The molecule has 1 amide bonds. The fraction of sp³-hybridized carbons (Fsp3) is 0.167. The number of aryl methyl sites for hydroxylation is 1. The van der Waals surface area contributed by atoms with E-state index < -0.39 is 5.91 Å². The minimum Gasteiger partial charge on any atom is -0.495 e. The zero-order valence-corrected chi connectivity index (χ0v) is 11.2. The highest BCUT2D eigenvalue weighted by atomic mass is 35.5. The summed E-state index contributed by atoms with van der Waals surface area (Å²) in [6.45, 7) is 1.84. The molecule has 19 heavy (non-hydrogen) atoms. The van der Waals surface area contributed by atoms with Gasteiger partial charge >= 0.3 is 0 Å². The third-order valence-corrected chi connectivity index (χ3v) is 3.03. The van der Waals surface area contributed by atoms with Crippen LogP contribution in [0.1, 0.15) is 16.1 Å². The van der Waals surface area contributed by atoms with Crippen LogP contribution < -0.4 is 15.8 Å². The summed E-state index contributed by atoms with van der Waals surface area (Å²) >= 11 is 6.00. The molecule has 0 aliphatic carbocycles. The number of carbonyl (C=O) groups excluding carboxylic acids is 1. The molecule has 1 heterocycles. The number of hydrogen-bond donors (Lipinski definition) is 3. The number of methoxy groups -OCH3 is 1. The molecule has 100 valence electrons. The van der Waals surface area contributed by atoms with Crippen LogP contribution in [0.4, 0.5) is 11.4 Å². The lowest BCUT2D eigenvalue weighted by molar-refractivity contribution is 0.102. The van der Waals surface area contributed by atoms with E-state index in [0.29, 0.717) is 16.5 Å². The lowest BCUT2D eigenvalue weighted by Crippen LogP contribution is -2.15. The molecule has 0 saturated carbocycles. The highest BCUT2D eigenvalue weighted by molar-refractivity contribution is 6.31. The molecule has 1 aromatic heterocycles. The van der Waals surface area contributed by atoms with Crippen molar-refractivity contribution in [3.05, 3.63) is 34.6 Å². The van der Waals surface area contributed by atoms with Gasteiger partial charge in [0.2, 0.25) is 0 Å². The number of anilines is 2. The summed E-state index contributed by atoms with van der Waals surface area (Å²) < 4.78 is 5.17. The Morgan fingerprint density at radius 3 is 2.84 bits per heavy atom. The molecule has 0 atom stereocenters. The van der Waals surface area contributed by atoms with E-state index in [0.717, 1.165) is 5.56 Å². The molecule has 1 aromatic carbocycles. The third kappa shape index (κ3) is 2.63. The van der Waals surface area contributed by atoms with Gasteiger partial charge in [0, 0.05) is 11.1 Å². The minimum absolute atomic E-state index is 0.203. The van der Waals surface area contributed by atoms with E-state index in [1.165, 1.54) is 13.3 Å². The lowest BCUT2D eigenvalue weighted by atomic mass is 10.2. The number of nitrogens with one attached hydrogen (secondary N) is 2. The Balaban J connectivity index is 2.31. The van der Waals surface area contributed by atoms with E-state index in [-0.39, 0.29) is 11.4 Å². The first-order valence-electron chi connectivity index (χ1n) is 5.47. The van der Waals surface area contributed by atoms with Crippen LogP contribution in [-0.2, 0) is 0 Å². The summed E-state index contributed by atoms with van der Waals surface area (Å²) in [5.41, 5.74) is 7.44. The predicted octanol–water partition coefficient (Wildman–Crippen LogP) is 2.21. The second-order valence-electron chi connectivity index (χ2n) is 3.96. The minimum atomic E-state index is -0.393. The Morgan fingerprint density at radius 2 is 2.26 bits per heavy atom. The standard InChI is InChI=1S/C12H13ClN4O2/c1-6-3-9(10(19-2)4-7(6)13)16-12(18)11-8(14)5-15-17-11/h3-5H,14H2,1-2H3,(H,15,17)(H,16,18). The summed E-state index contributed by atoms with van der Waals surface area (Å²) in [5.74, 6) is 0.0806. The Labute approximate surface area is 114 Å². The van der Waals surface area contributed by atoms with Crippen molar-refractivity contribution < 1.29 is 9.53 Å². The van der Waals surface area contributed by atoms with Gasteiger partial charge in [-0.1, -0.05) is 11.6 Å². The summed E-state index contributed by atoms with van der Waals surface area (Å²) in [6.07, 6.45) is 1.37. The van der Waals surface area contributed by atoms with Crippen LogP contribution in [0.2, 0.25) is 5.02 Å². The maximum absolute atomic E-state index is 12.0. The molecule has 4 N–H and O–H groups in total. The lowest BCUT2D eigenvalue weighted by Gasteiger charge is -2.11. The number of hydrogen-bond acceptors (Lipinski definition) is 4. The van der Waals surface area contributed by atoms with Gasteiger partial charge in [0.25, 0.3) is 5.91 Å². The highest BCUT2D eigenvalue weighted by Crippen LogP contribution is 2.31. The van der Waals surface area contributed by atoms with Crippen LogP contribution in [0.15, 0.2) is 18.3 Å². The number of aromatic nitrogens is 2. The van der Waals surface area contributed by atoms with Gasteiger partial charge in [-0.3, -0.25) is 9.89 Å². The topological polar surface area (TPSA) is 93.0 Å². The molecular formula is C12H13ClN4O2. The molecule has 2 rings (SSSR count). The average molecular weight is 281 g/mol. The first-order valence-corrected chi connectivity index (χ1v) is 5.85. The molecule has 2 aromatic rings. The fourth-order valence-corrected chi connectivity index (χ4v) is 1.75. The van der Waals surface area contributed by atoms with Crippen LogP contribution in [0.3, 0.4) is 0 Å². The first-order chi connectivity index (χ1) is 9.02. The van der Waals surface area contributed by atoms with Gasteiger partial charge in [-0.2, -0.15) is 5.10 Å². The largest absolute Gasteiger partial charge is 0.495 e. The van der Waals surface area contributed by atoms with Gasteiger partial charge < -0.3 is 15.8 Å². The molecule has 0 aliphatic rings. The second kappa shape index (κ2) is 5.19. The molecule has 0 radical (unpaired) electrons. The number of amides is 1. The number of H-pyrrole nitrogens is 1. The Morgan fingerprint density at radius 1 is 1.53 bits per heavy atom. The molecule has 0 unspecified atom stereocenters. The first kappa shape index (κ1) is 13.2. The van der Waals surface area contributed by atoms with E-state index in [4.69, 9.17) is 22.1 Å². The van der Waals surface area contributed by atoms with Gasteiger partial charge in [-0.25, -0.2) is 0 Å². The Bertz CT molecular complexity index is 624. The van der Waals surface area contributed by atoms with E-state index in [2.05, 4.69) is 15.5 Å². The van der Waals surface area contributed by atoms with Crippen LogP contribution >= 0.6 is 11.6 Å². The van der Waals surface area contributed by atoms with Crippen molar-refractivity contribution in [3.63, 3.8) is 0 Å². The number of rotatable bonds is 3. The number of carbonyl (C=O) groups is 1. The van der Waals surface area contributed by atoms with E-state index >= 15 is 0 Å². The smallest absolute Gasteiger partial charge is 0.275 e. The number of nitrogen functional groups attached to an aromatic ring is 1. The zero-order chi connectivity index (χ0) is 14.0. The van der Waals surface area contributed by atoms with Gasteiger partial charge in [-0.05, 0) is 18.6 Å². The third-order valence-electron chi connectivity index (χ3n) is 2.62. The Kier molecular flexibility index (Phi) is 3.62. The SMILES string of the molecule is COc1cc(Cl)c(C)cc1NC(=O)c1[nH]ncc1N. The quantitative estimate of drug-likeness (QED) is 0.803. The molecule has 6 nitrogen and oxygen atoms in total. The maximum atomic E-state index is 12.0. The van der Waals surface area contributed by atoms with Crippen molar-refractivity contribution in [2.24, 2.45) is 0 Å². The number of nitrogens with two attached hydrogens (primary N) is 1. The monoisotopic (exact) mass is 280 g/mol. The number of ether oxygens (including phenoxy) is 1.